The Morgan fingerprint density at radius 1 is 1.11 bits per heavy atom. The minimum Gasteiger partial charge on any atom is -0.497 e. The zero-order chi connectivity index (χ0) is 19.3. The number of fused-ring (bicyclic) bond motifs is 1. The van der Waals surface area contributed by atoms with E-state index in [2.05, 4.69) is 51.8 Å². The van der Waals surface area contributed by atoms with Crippen LogP contribution in [0.3, 0.4) is 0 Å². The van der Waals surface area contributed by atoms with Gasteiger partial charge in [0.05, 0.1) is 12.7 Å². The van der Waals surface area contributed by atoms with E-state index in [0.717, 1.165) is 16.8 Å². The van der Waals surface area contributed by atoms with E-state index in [4.69, 9.17) is 4.74 Å². The molecular weight excluding hydrogens is 348 g/mol. The fourth-order valence-electron chi connectivity index (χ4n) is 3.46. The molecule has 0 bridgehead atoms. The number of nitrogens with zero attached hydrogens (tertiary/aromatic N) is 2. The summed E-state index contributed by atoms with van der Waals surface area (Å²) in [6.45, 7) is 0.611. The second-order valence-corrected chi connectivity index (χ2v) is 6.51. The number of hydrogen-bond acceptors (Lipinski definition) is 4. The van der Waals surface area contributed by atoms with Crippen molar-refractivity contribution in [2.45, 2.75) is 5.92 Å². The quantitative estimate of drug-likeness (QED) is 0.518. The molecule has 2 N–H and O–H groups in total. The molecule has 1 atom stereocenters. The number of ether oxygens (including phenoxy) is 1. The molecule has 0 amide bonds. The van der Waals surface area contributed by atoms with E-state index in [1.807, 2.05) is 24.3 Å². The summed E-state index contributed by atoms with van der Waals surface area (Å²) in [5.74, 6) is 1.50. The van der Waals surface area contributed by atoms with E-state index in [1.165, 1.54) is 10.9 Å². The summed E-state index contributed by atoms with van der Waals surface area (Å²) in [6, 6.07) is 22.1. The lowest BCUT2D eigenvalue weighted by Crippen LogP contribution is -2.15. The predicted octanol–water partition coefficient (Wildman–Crippen LogP) is 4.69. The topological polar surface area (TPSA) is 73.7 Å². The molecule has 0 aliphatic heterocycles. The summed E-state index contributed by atoms with van der Waals surface area (Å²) < 4.78 is 5.30. The molecule has 2 aromatic heterocycles. The lowest BCUT2D eigenvalue weighted by atomic mass is 9.90. The fourth-order valence-corrected chi connectivity index (χ4v) is 3.46. The van der Waals surface area contributed by atoms with Gasteiger partial charge in [-0.25, -0.2) is 4.98 Å². The normalized spacial score (nSPS) is 11.7. The van der Waals surface area contributed by atoms with Crippen LogP contribution in [0.1, 0.15) is 22.6 Å². The Kier molecular flexibility index (Phi) is 4.94. The van der Waals surface area contributed by atoms with Gasteiger partial charge in [0.2, 0.25) is 0 Å². The van der Waals surface area contributed by atoms with Crippen molar-refractivity contribution >= 4 is 16.7 Å². The number of H-pyrrole nitrogens is 1. The molecule has 0 radical (unpaired) electrons. The van der Waals surface area contributed by atoms with Gasteiger partial charge in [-0.15, -0.1) is 0 Å². The Morgan fingerprint density at radius 2 is 1.93 bits per heavy atom. The third kappa shape index (κ3) is 3.40. The van der Waals surface area contributed by atoms with Crippen molar-refractivity contribution in [2.24, 2.45) is 0 Å². The Hall–Kier alpha value is -3.78. The number of methoxy groups -OCH3 is 1. The van der Waals surface area contributed by atoms with Gasteiger partial charge >= 0.3 is 0 Å². The van der Waals surface area contributed by atoms with Crippen LogP contribution in [0.15, 0.2) is 73.1 Å². The Morgan fingerprint density at radius 3 is 2.71 bits per heavy atom. The number of hydrogen-bond donors (Lipinski definition) is 2. The van der Waals surface area contributed by atoms with Gasteiger partial charge in [-0.1, -0.05) is 30.3 Å². The van der Waals surface area contributed by atoms with Crippen LogP contribution in [0, 0.1) is 11.3 Å². The number of para-hydroxylation sites is 1. The lowest BCUT2D eigenvalue weighted by molar-refractivity contribution is 0.414. The van der Waals surface area contributed by atoms with E-state index < -0.39 is 0 Å². The van der Waals surface area contributed by atoms with Gasteiger partial charge in [-0.05, 0) is 41.5 Å². The molecule has 0 fully saturated rings. The van der Waals surface area contributed by atoms with Gasteiger partial charge in [0.25, 0.3) is 0 Å². The molecule has 0 saturated heterocycles. The zero-order valence-electron chi connectivity index (χ0n) is 15.5. The zero-order valence-corrected chi connectivity index (χ0v) is 15.5. The smallest absolute Gasteiger partial charge is 0.143 e. The van der Waals surface area contributed by atoms with Crippen molar-refractivity contribution in [1.82, 2.24) is 9.97 Å². The third-order valence-electron chi connectivity index (χ3n) is 4.92. The highest BCUT2D eigenvalue weighted by Gasteiger charge is 2.19. The van der Waals surface area contributed by atoms with E-state index in [-0.39, 0.29) is 5.92 Å². The maximum atomic E-state index is 9.33. The van der Waals surface area contributed by atoms with Crippen LogP contribution in [0.4, 0.5) is 5.82 Å². The van der Waals surface area contributed by atoms with Gasteiger partial charge in [0.15, 0.2) is 0 Å². The Balaban J connectivity index is 1.72. The van der Waals surface area contributed by atoms with Crippen molar-refractivity contribution in [3.8, 4) is 11.8 Å². The SMILES string of the molecule is COc1ccc([C@@H](CNc2ncccc2C#N)c2c[nH]c3ccccc23)cc1. The van der Waals surface area contributed by atoms with Crippen LogP contribution in [0.2, 0.25) is 0 Å². The van der Waals surface area contributed by atoms with Crippen molar-refractivity contribution in [3.05, 3.63) is 89.7 Å². The average molecular weight is 368 g/mol. The Bertz CT molecular complexity index is 1130. The summed E-state index contributed by atoms with van der Waals surface area (Å²) in [5, 5.41) is 13.9. The molecular formula is C23H20N4O. The molecule has 0 unspecified atom stereocenters. The van der Waals surface area contributed by atoms with Crippen LogP contribution in [-0.2, 0) is 0 Å². The van der Waals surface area contributed by atoms with Crippen molar-refractivity contribution in [3.63, 3.8) is 0 Å². The molecule has 0 aliphatic carbocycles. The van der Waals surface area contributed by atoms with Crippen LogP contribution >= 0.6 is 0 Å². The average Bonchev–Trinajstić information content (AvgIpc) is 3.19. The van der Waals surface area contributed by atoms with Gasteiger partial charge in [0, 0.05) is 35.8 Å². The third-order valence-corrected chi connectivity index (χ3v) is 4.92. The minimum absolute atomic E-state index is 0.0793. The molecule has 4 aromatic rings. The highest BCUT2D eigenvalue weighted by molar-refractivity contribution is 5.84. The number of nitriles is 1. The minimum atomic E-state index is 0.0793. The molecule has 2 heterocycles. The number of pyridine rings is 1. The van der Waals surface area contributed by atoms with Gasteiger partial charge < -0.3 is 15.0 Å². The van der Waals surface area contributed by atoms with Crippen LogP contribution in [-0.4, -0.2) is 23.6 Å². The number of benzene rings is 2. The summed E-state index contributed by atoms with van der Waals surface area (Å²) >= 11 is 0. The summed E-state index contributed by atoms with van der Waals surface area (Å²) in [4.78, 5) is 7.69. The molecule has 5 heteroatoms. The highest BCUT2D eigenvalue weighted by atomic mass is 16.5. The molecule has 5 nitrogen and oxygen atoms in total. The second kappa shape index (κ2) is 7.85. The summed E-state index contributed by atoms with van der Waals surface area (Å²) in [6.07, 6.45) is 3.75. The van der Waals surface area contributed by atoms with Gasteiger partial charge in [-0.3, -0.25) is 0 Å². The molecule has 0 saturated carbocycles. The number of rotatable bonds is 6. The first-order valence-electron chi connectivity index (χ1n) is 9.09. The second-order valence-electron chi connectivity index (χ2n) is 6.51. The molecule has 138 valence electrons. The van der Waals surface area contributed by atoms with Gasteiger partial charge in [-0.2, -0.15) is 5.26 Å². The van der Waals surface area contributed by atoms with Crippen molar-refractivity contribution in [1.29, 1.82) is 5.26 Å². The maximum absolute atomic E-state index is 9.33. The first-order chi connectivity index (χ1) is 13.8. The fraction of sp³-hybridized carbons (Fsp3) is 0.130. The number of nitrogens with one attached hydrogen (secondary N) is 2. The lowest BCUT2D eigenvalue weighted by Gasteiger charge is -2.19. The molecule has 28 heavy (non-hydrogen) atoms. The van der Waals surface area contributed by atoms with Crippen molar-refractivity contribution in [2.75, 3.05) is 19.0 Å². The molecule has 0 spiro atoms. The van der Waals surface area contributed by atoms with E-state index in [1.54, 1.807) is 25.4 Å². The molecule has 4 rings (SSSR count). The molecule has 2 aromatic carbocycles. The van der Waals surface area contributed by atoms with E-state index >= 15 is 0 Å². The summed E-state index contributed by atoms with van der Waals surface area (Å²) in [7, 11) is 1.66. The first kappa shape index (κ1) is 17.6. The molecule has 0 aliphatic rings. The highest BCUT2D eigenvalue weighted by Crippen LogP contribution is 2.32. The maximum Gasteiger partial charge on any atom is 0.143 e. The Labute approximate surface area is 163 Å². The van der Waals surface area contributed by atoms with Crippen molar-refractivity contribution < 1.29 is 4.74 Å². The number of anilines is 1. The van der Waals surface area contributed by atoms with E-state index in [0.29, 0.717) is 17.9 Å². The van der Waals surface area contributed by atoms with Crippen LogP contribution < -0.4 is 10.1 Å². The number of aromatic nitrogens is 2. The number of aromatic amines is 1. The van der Waals surface area contributed by atoms with Crippen LogP contribution in [0.5, 0.6) is 5.75 Å². The summed E-state index contributed by atoms with van der Waals surface area (Å²) in [5.41, 5.74) is 4.00. The standard InChI is InChI=1S/C23H20N4O/c1-28-18-10-8-16(9-11-18)20(14-27-23-17(13-24)5-4-12-25-23)21-15-26-22-7-3-2-6-19(21)22/h2-12,15,20,26H,14H2,1H3,(H,25,27)/t20-/m1/s1. The van der Waals surface area contributed by atoms with Gasteiger partial charge in [0.1, 0.15) is 17.6 Å². The van der Waals surface area contributed by atoms with Crippen LogP contribution in [0.25, 0.3) is 10.9 Å². The largest absolute Gasteiger partial charge is 0.497 e. The predicted molar refractivity (Wildman–Crippen MR) is 111 cm³/mol. The first-order valence-corrected chi connectivity index (χ1v) is 9.09. The van der Waals surface area contributed by atoms with E-state index in [9.17, 15) is 5.26 Å². The monoisotopic (exact) mass is 368 g/mol.